The summed E-state index contributed by atoms with van der Waals surface area (Å²) in [4.78, 5) is 11.4. The molecule has 0 saturated heterocycles. The molecule has 0 atom stereocenters. The van der Waals surface area contributed by atoms with Gasteiger partial charge in [0.1, 0.15) is 5.60 Å². The van der Waals surface area contributed by atoms with E-state index in [0.29, 0.717) is 19.6 Å². The van der Waals surface area contributed by atoms with Crippen LogP contribution in [0.2, 0.25) is 0 Å². The highest BCUT2D eigenvalue weighted by atomic mass is 16.6. The average Bonchev–Trinajstić information content (AvgIpc) is 2.29. The monoisotopic (exact) mass is 264 g/mol. The Morgan fingerprint density at radius 1 is 1.11 bits per heavy atom. The molecule has 0 unspecified atom stereocenters. The van der Waals surface area contributed by atoms with Gasteiger partial charge in [-0.05, 0) is 39.7 Å². The van der Waals surface area contributed by atoms with Crippen molar-refractivity contribution in [1.82, 2.24) is 0 Å². The Bertz CT molecular complexity index is 387. The van der Waals surface area contributed by atoms with Crippen molar-refractivity contribution in [3.05, 3.63) is 35.4 Å². The number of hydrogen-bond acceptors (Lipinski definition) is 3. The lowest BCUT2D eigenvalue weighted by molar-refractivity contribution is -0.156. The van der Waals surface area contributed by atoms with Gasteiger partial charge < -0.3 is 9.47 Å². The maximum atomic E-state index is 11.4. The molecule has 19 heavy (non-hydrogen) atoms. The first-order valence-electron chi connectivity index (χ1n) is 6.72. The third-order valence-electron chi connectivity index (χ3n) is 2.53. The summed E-state index contributed by atoms with van der Waals surface area (Å²) in [5.74, 6) is -0.206. The highest BCUT2D eigenvalue weighted by Gasteiger charge is 2.15. The van der Waals surface area contributed by atoms with Crippen LogP contribution in [0.25, 0.3) is 0 Å². The first-order valence-corrected chi connectivity index (χ1v) is 6.72. The molecule has 0 N–H and O–H groups in total. The third-order valence-corrected chi connectivity index (χ3v) is 2.53. The van der Waals surface area contributed by atoms with Crippen molar-refractivity contribution in [3.63, 3.8) is 0 Å². The first-order chi connectivity index (χ1) is 8.87. The second kappa shape index (κ2) is 7.29. The number of ether oxygens (including phenoxy) is 2. The molecule has 106 valence electrons. The normalized spacial score (nSPS) is 11.4. The van der Waals surface area contributed by atoms with Crippen molar-refractivity contribution in [2.45, 2.75) is 46.1 Å². The van der Waals surface area contributed by atoms with Gasteiger partial charge in [0.05, 0.1) is 19.6 Å². The minimum Gasteiger partial charge on any atom is -0.460 e. The summed E-state index contributed by atoms with van der Waals surface area (Å²) in [6.45, 7) is 8.71. The predicted octanol–water partition coefficient (Wildman–Crippen LogP) is 3.29. The van der Waals surface area contributed by atoms with E-state index in [0.717, 1.165) is 6.42 Å². The van der Waals surface area contributed by atoms with Crippen molar-refractivity contribution in [1.29, 1.82) is 0 Å². The summed E-state index contributed by atoms with van der Waals surface area (Å²) >= 11 is 0. The summed E-state index contributed by atoms with van der Waals surface area (Å²) in [6, 6.07) is 8.39. The fraction of sp³-hybridized carbons (Fsp3) is 0.562. The second-order valence-corrected chi connectivity index (χ2v) is 5.68. The van der Waals surface area contributed by atoms with E-state index < -0.39 is 5.60 Å². The lowest BCUT2D eigenvalue weighted by atomic mass is 10.1. The van der Waals surface area contributed by atoms with Crippen LogP contribution in [-0.2, 0) is 20.7 Å². The zero-order chi connectivity index (χ0) is 14.3. The van der Waals surface area contributed by atoms with E-state index in [1.165, 1.54) is 11.1 Å². The van der Waals surface area contributed by atoms with Crippen LogP contribution in [-0.4, -0.2) is 24.8 Å². The minimum atomic E-state index is -0.418. The van der Waals surface area contributed by atoms with Crippen LogP contribution >= 0.6 is 0 Å². The predicted molar refractivity (Wildman–Crippen MR) is 76.2 cm³/mol. The van der Waals surface area contributed by atoms with Crippen molar-refractivity contribution >= 4 is 5.97 Å². The molecule has 0 aliphatic rings. The average molecular weight is 264 g/mol. The fourth-order valence-electron chi connectivity index (χ4n) is 1.59. The molecule has 0 aromatic heterocycles. The van der Waals surface area contributed by atoms with Gasteiger partial charge in [0.15, 0.2) is 0 Å². The van der Waals surface area contributed by atoms with Gasteiger partial charge in [0, 0.05) is 0 Å². The Morgan fingerprint density at radius 3 is 2.32 bits per heavy atom. The van der Waals surface area contributed by atoms with E-state index in [-0.39, 0.29) is 5.97 Å². The van der Waals surface area contributed by atoms with Crippen LogP contribution in [0, 0.1) is 6.92 Å². The SMILES string of the molecule is Cc1ccc(CCOCCC(=O)OC(C)(C)C)cc1. The zero-order valence-electron chi connectivity index (χ0n) is 12.4. The van der Waals surface area contributed by atoms with Crippen molar-refractivity contribution in [2.75, 3.05) is 13.2 Å². The van der Waals surface area contributed by atoms with Crippen molar-refractivity contribution in [2.24, 2.45) is 0 Å². The van der Waals surface area contributed by atoms with Crippen LogP contribution in [0.1, 0.15) is 38.3 Å². The molecule has 0 aliphatic carbocycles. The highest BCUT2D eigenvalue weighted by molar-refractivity contribution is 5.69. The Hall–Kier alpha value is -1.35. The molecule has 0 amide bonds. The fourth-order valence-corrected chi connectivity index (χ4v) is 1.59. The van der Waals surface area contributed by atoms with Gasteiger partial charge in [-0.15, -0.1) is 0 Å². The molecule has 3 heteroatoms. The van der Waals surface area contributed by atoms with Crippen LogP contribution in [0.4, 0.5) is 0 Å². The minimum absolute atomic E-state index is 0.206. The Labute approximate surface area is 115 Å². The number of hydrogen-bond donors (Lipinski definition) is 0. The van der Waals surface area contributed by atoms with Crippen LogP contribution in [0.3, 0.4) is 0 Å². The van der Waals surface area contributed by atoms with E-state index in [4.69, 9.17) is 9.47 Å². The molecule has 0 radical (unpaired) electrons. The topological polar surface area (TPSA) is 35.5 Å². The van der Waals surface area contributed by atoms with E-state index in [1.54, 1.807) is 0 Å². The number of benzene rings is 1. The molecule has 1 aromatic carbocycles. The summed E-state index contributed by atoms with van der Waals surface area (Å²) in [6.07, 6.45) is 1.18. The lowest BCUT2D eigenvalue weighted by Gasteiger charge is -2.19. The maximum Gasteiger partial charge on any atom is 0.308 e. The molecular weight excluding hydrogens is 240 g/mol. The molecule has 3 nitrogen and oxygen atoms in total. The molecule has 0 spiro atoms. The Balaban J connectivity index is 2.11. The van der Waals surface area contributed by atoms with Gasteiger partial charge >= 0.3 is 5.97 Å². The quantitative estimate of drug-likeness (QED) is 0.584. The smallest absolute Gasteiger partial charge is 0.308 e. The van der Waals surface area contributed by atoms with Gasteiger partial charge in [-0.25, -0.2) is 0 Å². The van der Waals surface area contributed by atoms with Gasteiger partial charge in [-0.1, -0.05) is 29.8 Å². The van der Waals surface area contributed by atoms with Crippen molar-refractivity contribution in [3.8, 4) is 0 Å². The zero-order valence-corrected chi connectivity index (χ0v) is 12.4. The van der Waals surface area contributed by atoms with Crippen molar-refractivity contribution < 1.29 is 14.3 Å². The molecule has 0 bridgehead atoms. The van der Waals surface area contributed by atoms with Crippen LogP contribution in [0.15, 0.2) is 24.3 Å². The molecule has 0 saturated carbocycles. The highest BCUT2D eigenvalue weighted by Crippen LogP contribution is 2.08. The Morgan fingerprint density at radius 2 is 1.74 bits per heavy atom. The number of aryl methyl sites for hydroxylation is 1. The first kappa shape index (κ1) is 15.7. The summed E-state index contributed by atoms with van der Waals surface area (Å²) in [5.41, 5.74) is 2.09. The lowest BCUT2D eigenvalue weighted by Crippen LogP contribution is -2.24. The number of rotatable bonds is 6. The standard InChI is InChI=1S/C16H24O3/c1-13-5-7-14(8-6-13)9-11-18-12-10-15(17)19-16(2,3)4/h5-8H,9-12H2,1-4H3. The van der Waals surface area contributed by atoms with Gasteiger partial charge in [-0.3, -0.25) is 4.79 Å². The maximum absolute atomic E-state index is 11.4. The molecule has 1 rings (SSSR count). The number of carbonyl (C=O) groups is 1. The Kier molecular flexibility index (Phi) is 6.03. The van der Waals surface area contributed by atoms with E-state index in [9.17, 15) is 4.79 Å². The van der Waals surface area contributed by atoms with E-state index >= 15 is 0 Å². The summed E-state index contributed by atoms with van der Waals surface area (Å²) in [7, 11) is 0. The van der Waals surface area contributed by atoms with E-state index in [2.05, 4.69) is 31.2 Å². The number of carbonyl (C=O) groups excluding carboxylic acids is 1. The summed E-state index contributed by atoms with van der Waals surface area (Å²) < 4.78 is 10.6. The van der Waals surface area contributed by atoms with Crippen LogP contribution < -0.4 is 0 Å². The van der Waals surface area contributed by atoms with Crippen LogP contribution in [0.5, 0.6) is 0 Å². The largest absolute Gasteiger partial charge is 0.460 e. The van der Waals surface area contributed by atoms with Gasteiger partial charge in [-0.2, -0.15) is 0 Å². The molecule has 0 heterocycles. The van der Waals surface area contributed by atoms with Gasteiger partial charge in [0.25, 0.3) is 0 Å². The molecular formula is C16H24O3. The molecule has 0 aliphatic heterocycles. The molecule has 1 aromatic rings. The van der Waals surface area contributed by atoms with Gasteiger partial charge in [0.2, 0.25) is 0 Å². The third kappa shape index (κ3) is 7.62. The molecule has 0 fully saturated rings. The number of esters is 1. The van der Waals surface area contributed by atoms with E-state index in [1.807, 2.05) is 20.8 Å². The second-order valence-electron chi connectivity index (χ2n) is 5.68. The summed E-state index contributed by atoms with van der Waals surface area (Å²) in [5, 5.41) is 0.